The van der Waals surface area contributed by atoms with Crippen molar-refractivity contribution in [2.45, 2.75) is 27.7 Å². The summed E-state index contributed by atoms with van der Waals surface area (Å²) in [5, 5.41) is 0.726. The Morgan fingerprint density at radius 3 is 2.40 bits per heavy atom. The number of fused-ring (bicyclic) bond motifs is 1. The molecule has 30 heavy (non-hydrogen) atoms. The molecule has 3 rings (SSSR count). The van der Waals surface area contributed by atoms with Crippen LogP contribution in [0, 0.1) is 13.8 Å². The Bertz CT molecular complexity index is 1000. The number of rotatable bonds is 8. The lowest BCUT2D eigenvalue weighted by Crippen LogP contribution is -2.38. The van der Waals surface area contributed by atoms with Crippen LogP contribution in [0.3, 0.4) is 0 Å². The second-order valence-electron chi connectivity index (χ2n) is 7.11. The fraction of sp³-hybridized carbons (Fsp3) is 0.391. The van der Waals surface area contributed by atoms with Crippen molar-refractivity contribution in [2.24, 2.45) is 0 Å². The fourth-order valence-electron chi connectivity index (χ4n) is 3.23. The van der Waals surface area contributed by atoms with E-state index < -0.39 is 0 Å². The molecule has 0 bridgehead atoms. The van der Waals surface area contributed by atoms with Crippen LogP contribution in [0.5, 0.6) is 5.75 Å². The number of benzene rings is 2. The molecule has 2 aromatic carbocycles. The van der Waals surface area contributed by atoms with E-state index in [9.17, 15) is 4.79 Å². The van der Waals surface area contributed by atoms with Gasteiger partial charge in [0.2, 0.25) is 0 Å². The van der Waals surface area contributed by atoms with Gasteiger partial charge < -0.3 is 9.64 Å². The van der Waals surface area contributed by atoms with Crippen LogP contribution in [0.2, 0.25) is 0 Å². The number of amides is 1. The van der Waals surface area contributed by atoms with Crippen LogP contribution in [-0.4, -0.2) is 49.1 Å². The summed E-state index contributed by atoms with van der Waals surface area (Å²) in [6, 6.07) is 11.7. The molecule has 1 heterocycles. The summed E-state index contributed by atoms with van der Waals surface area (Å²) in [5.74, 6) is 0.760. The van der Waals surface area contributed by atoms with Gasteiger partial charge >= 0.3 is 0 Å². The number of anilines is 1. The number of hydrogen-bond acceptors (Lipinski definition) is 5. The topological polar surface area (TPSA) is 45.7 Å². The van der Waals surface area contributed by atoms with Gasteiger partial charge in [-0.15, -0.1) is 12.4 Å². The van der Waals surface area contributed by atoms with Crippen molar-refractivity contribution >= 4 is 45.0 Å². The minimum atomic E-state index is -0.00808. The number of hydrogen-bond donors (Lipinski definition) is 0. The largest absolute Gasteiger partial charge is 0.497 e. The van der Waals surface area contributed by atoms with Gasteiger partial charge in [0.1, 0.15) is 5.75 Å². The highest BCUT2D eigenvalue weighted by atomic mass is 35.5. The number of nitrogens with zero attached hydrogens (tertiary/aromatic N) is 3. The Kier molecular flexibility index (Phi) is 8.65. The number of carbonyl (C=O) groups excluding carboxylic acids is 1. The first-order valence-corrected chi connectivity index (χ1v) is 10.8. The molecule has 7 heteroatoms. The maximum atomic E-state index is 13.4. The predicted molar refractivity (Wildman–Crippen MR) is 129 cm³/mol. The van der Waals surface area contributed by atoms with Gasteiger partial charge in [-0.1, -0.05) is 31.3 Å². The highest BCUT2D eigenvalue weighted by Gasteiger charge is 2.22. The second-order valence-corrected chi connectivity index (χ2v) is 8.12. The summed E-state index contributed by atoms with van der Waals surface area (Å²) < 4.78 is 6.36. The highest BCUT2D eigenvalue weighted by Crippen LogP contribution is 2.32. The molecule has 0 radical (unpaired) electrons. The Labute approximate surface area is 189 Å². The van der Waals surface area contributed by atoms with Crippen molar-refractivity contribution in [3.63, 3.8) is 0 Å². The van der Waals surface area contributed by atoms with Crippen LogP contribution in [0.15, 0.2) is 36.4 Å². The van der Waals surface area contributed by atoms with E-state index in [4.69, 9.17) is 9.72 Å². The van der Waals surface area contributed by atoms with Gasteiger partial charge in [0, 0.05) is 24.7 Å². The lowest BCUT2D eigenvalue weighted by molar-refractivity contribution is 0.0983. The molecule has 0 aliphatic carbocycles. The molecule has 0 atom stereocenters. The van der Waals surface area contributed by atoms with Crippen molar-refractivity contribution in [1.29, 1.82) is 0 Å². The van der Waals surface area contributed by atoms with Crippen molar-refractivity contribution in [3.05, 3.63) is 53.1 Å². The maximum Gasteiger partial charge on any atom is 0.260 e. The molecule has 5 nitrogen and oxygen atoms in total. The molecule has 0 aliphatic heterocycles. The Morgan fingerprint density at radius 1 is 1.03 bits per heavy atom. The van der Waals surface area contributed by atoms with Gasteiger partial charge in [-0.3, -0.25) is 9.69 Å². The quantitative estimate of drug-likeness (QED) is 0.468. The molecule has 1 amide bonds. The molecular weight excluding hydrogens is 418 g/mol. The number of aromatic nitrogens is 1. The summed E-state index contributed by atoms with van der Waals surface area (Å²) in [6.07, 6.45) is 0. The maximum absolute atomic E-state index is 13.4. The Balaban J connectivity index is 0.00000320. The van der Waals surface area contributed by atoms with Gasteiger partial charge in [0.15, 0.2) is 5.13 Å². The summed E-state index contributed by atoms with van der Waals surface area (Å²) in [5.41, 5.74) is 3.85. The monoisotopic (exact) mass is 447 g/mol. The lowest BCUT2D eigenvalue weighted by atomic mass is 10.1. The zero-order valence-electron chi connectivity index (χ0n) is 18.3. The van der Waals surface area contributed by atoms with E-state index >= 15 is 0 Å². The predicted octanol–water partition coefficient (Wildman–Crippen LogP) is 5.33. The third-order valence-corrected chi connectivity index (χ3v) is 6.41. The van der Waals surface area contributed by atoms with Crippen molar-refractivity contribution < 1.29 is 9.53 Å². The smallest absolute Gasteiger partial charge is 0.260 e. The van der Waals surface area contributed by atoms with E-state index in [2.05, 4.69) is 25.7 Å². The molecule has 0 saturated heterocycles. The van der Waals surface area contributed by atoms with Crippen LogP contribution in [0.1, 0.15) is 35.3 Å². The molecule has 3 aromatic rings. The average Bonchev–Trinajstić information content (AvgIpc) is 3.15. The summed E-state index contributed by atoms with van der Waals surface area (Å²) in [6.45, 7) is 11.7. The second kappa shape index (κ2) is 10.8. The highest BCUT2D eigenvalue weighted by molar-refractivity contribution is 7.22. The molecule has 1 aromatic heterocycles. The number of aryl methyl sites for hydroxylation is 2. The van der Waals surface area contributed by atoms with E-state index in [1.165, 1.54) is 5.56 Å². The summed E-state index contributed by atoms with van der Waals surface area (Å²) >= 11 is 1.54. The fourth-order valence-corrected chi connectivity index (χ4v) is 4.20. The van der Waals surface area contributed by atoms with E-state index in [1.54, 1.807) is 18.4 Å². The first-order valence-electron chi connectivity index (χ1n) is 10.0. The Morgan fingerprint density at radius 2 is 1.77 bits per heavy atom. The minimum Gasteiger partial charge on any atom is -0.497 e. The molecule has 0 N–H and O–H groups in total. The van der Waals surface area contributed by atoms with Crippen LogP contribution in [-0.2, 0) is 0 Å². The van der Waals surface area contributed by atoms with E-state index in [0.717, 1.165) is 46.3 Å². The number of carbonyl (C=O) groups is 1. The molecule has 0 aliphatic rings. The van der Waals surface area contributed by atoms with E-state index in [-0.39, 0.29) is 18.3 Å². The van der Waals surface area contributed by atoms with Gasteiger partial charge in [-0.25, -0.2) is 4.98 Å². The number of likely N-dealkylation sites (N-methyl/N-ethyl adjacent to an activating group) is 1. The van der Waals surface area contributed by atoms with Gasteiger partial charge in [-0.2, -0.15) is 0 Å². The molecular formula is C23H30ClN3O2S. The lowest BCUT2D eigenvalue weighted by Gasteiger charge is -2.25. The van der Waals surface area contributed by atoms with Crippen molar-refractivity contribution in [3.8, 4) is 5.75 Å². The van der Waals surface area contributed by atoms with Gasteiger partial charge in [0.25, 0.3) is 5.91 Å². The molecule has 0 saturated carbocycles. The third-order valence-electron chi connectivity index (χ3n) is 5.35. The first kappa shape index (κ1) is 24.1. The minimum absolute atomic E-state index is 0. The van der Waals surface area contributed by atoms with E-state index in [1.807, 2.05) is 48.2 Å². The normalized spacial score (nSPS) is 10.9. The summed E-state index contributed by atoms with van der Waals surface area (Å²) in [7, 11) is 1.65. The van der Waals surface area contributed by atoms with Crippen molar-refractivity contribution in [2.75, 3.05) is 38.2 Å². The third kappa shape index (κ3) is 5.31. The van der Waals surface area contributed by atoms with Crippen LogP contribution < -0.4 is 9.64 Å². The zero-order valence-corrected chi connectivity index (χ0v) is 19.9. The number of methoxy groups -OCH3 is 1. The number of thiazole rings is 1. The van der Waals surface area contributed by atoms with Crippen molar-refractivity contribution in [1.82, 2.24) is 9.88 Å². The summed E-state index contributed by atoms with van der Waals surface area (Å²) in [4.78, 5) is 22.3. The molecule has 0 fully saturated rings. The van der Waals surface area contributed by atoms with Gasteiger partial charge in [0.05, 0.1) is 17.3 Å². The first-order chi connectivity index (χ1) is 14.0. The number of halogens is 1. The average molecular weight is 448 g/mol. The van der Waals surface area contributed by atoms with Crippen LogP contribution in [0.25, 0.3) is 10.2 Å². The molecule has 0 spiro atoms. The van der Waals surface area contributed by atoms with Crippen LogP contribution in [0.4, 0.5) is 5.13 Å². The SMILES string of the molecule is CCN(CC)CCN(C(=O)c1ccc(C)c(C)c1)c1nc2cc(OC)ccc2s1.Cl. The Hall–Kier alpha value is -2.15. The molecule has 0 unspecified atom stereocenters. The standard InChI is InChI=1S/C23H29N3O2S.ClH/c1-6-25(7-2)12-13-26(22(27)18-9-8-16(3)17(4)14-18)23-24-20-15-19(28-5)10-11-21(20)29-23;/h8-11,14-15H,6-7,12-13H2,1-5H3;1H. The van der Waals surface area contributed by atoms with Gasteiger partial charge in [-0.05, 0) is 62.3 Å². The molecule has 162 valence electrons. The zero-order chi connectivity index (χ0) is 21.0. The van der Waals surface area contributed by atoms with E-state index in [0.29, 0.717) is 12.1 Å². The van der Waals surface area contributed by atoms with Crippen LogP contribution >= 0.6 is 23.7 Å². The number of ether oxygens (including phenoxy) is 1.